The van der Waals surface area contributed by atoms with Crippen LogP contribution in [0.5, 0.6) is 0 Å². The summed E-state index contributed by atoms with van der Waals surface area (Å²) >= 11 is 0. The minimum atomic E-state index is -0.459. The lowest BCUT2D eigenvalue weighted by molar-refractivity contribution is 0.183. The molecule has 0 amide bonds. The molecular weight excluding hydrogens is 358 g/mol. The zero-order valence-corrected chi connectivity index (χ0v) is 17.4. The molecule has 4 N–H and O–H groups in total. The van der Waals surface area contributed by atoms with Crippen molar-refractivity contribution in [3.63, 3.8) is 0 Å². The Morgan fingerprint density at radius 2 is 2.07 bits per heavy atom. The molecule has 2 aliphatic heterocycles. The Kier molecular flexibility index (Phi) is 7.14. The minimum Gasteiger partial charge on any atom is -0.465 e. The minimum absolute atomic E-state index is 0.124. The fraction of sp³-hybridized carbons (Fsp3) is 0.789. The molecule has 9 nitrogen and oxygen atoms in total. The van der Waals surface area contributed by atoms with E-state index in [0.29, 0.717) is 24.1 Å². The van der Waals surface area contributed by atoms with Gasteiger partial charge in [0.25, 0.3) is 6.02 Å². The van der Waals surface area contributed by atoms with Gasteiger partial charge in [0.15, 0.2) is 5.82 Å². The maximum absolute atomic E-state index is 12.7. The fourth-order valence-electron chi connectivity index (χ4n) is 3.92. The first-order valence-electron chi connectivity index (χ1n) is 10.5. The number of nitrogens with zero attached hydrogens (tertiary/aromatic N) is 4. The second kappa shape index (κ2) is 9.58. The Balaban J connectivity index is 1.75. The molecule has 3 rings (SSSR count). The summed E-state index contributed by atoms with van der Waals surface area (Å²) in [5, 5.41) is 3.19. The van der Waals surface area contributed by atoms with E-state index in [-0.39, 0.29) is 11.7 Å². The van der Waals surface area contributed by atoms with E-state index >= 15 is 0 Å². The van der Waals surface area contributed by atoms with Gasteiger partial charge in [-0.05, 0) is 45.8 Å². The van der Waals surface area contributed by atoms with E-state index in [0.717, 1.165) is 58.3 Å². The fourth-order valence-corrected chi connectivity index (χ4v) is 3.92. The summed E-state index contributed by atoms with van der Waals surface area (Å²) in [6.45, 7) is 6.84. The number of hydrogen-bond acceptors (Lipinski definition) is 7. The summed E-state index contributed by atoms with van der Waals surface area (Å²) in [7, 11) is 3.83. The summed E-state index contributed by atoms with van der Waals surface area (Å²) in [5.41, 5.74) is 6.90. The van der Waals surface area contributed by atoms with Gasteiger partial charge in [-0.15, -0.1) is 0 Å². The number of nitrogens with one attached hydrogen (secondary N) is 2. The number of amidine groups is 1. The van der Waals surface area contributed by atoms with Crippen LogP contribution in [-0.4, -0.2) is 72.3 Å². The summed E-state index contributed by atoms with van der Waals surface area (Å²) < 4.78 is 7.64. The highest BCUT2D eigenvalue weighted by atomic mass is 16.5. The van der Waals surface area contributed by atoms with E-state index in [2.05, 4.69) is 27.1 Å². The molecule has 0 spiro atoms. The summed E-state index contributed by atoms with van der Waals surface area (Å²) in [5.74, 6) is 0.635. The summed E-state index contributed by atoms with van der Waals surface area (Å²) in [4.78, 5) is 24.6. The van der Waals surface area contributed by atoms with Gasteiger partial charge in [-0.25, -0.2) is 4.79 Å². The van der Waals surface area contributed by atoms with Gasteiger partial charge in [0.05, 0.1) is 6.61 Å². The lowest BCUT2D eigenvalue weighted by Crippen LogP contribution is -2.40. The highest BCUT2D eigenvalue weighted by molar-refractivity contribution is 5.79. The Labute approximate surface area is 166 Å². The van der Waals surface area contributed by atoms with E-state index < -0.39 is 6.17 Å². The third-order valence-corrected chi connectivity index (χ3v) is 5.70. The van der Waals surface area contributed by atoms with E-state index in [9.17, 15) is 4.79 Å². The molecule has 9 heteroatoms. The zero-order chi connectivity index (χ0) is 20.1. The van der Waals surface area contributed by atoms with Crippen LogP contribution in [0.1, 0.15) is 56.9 Å². The molecule has 1 atom stereocenters. The normalized spacial score (nSPS) is 20.9. The second-order valence-corrected chi connectivity index (χ2v) is 7.72. The van der Waals surface area contributed by atoms with Crippen LogP contribution in [0.15, 0.2) is 9.79 Å². The number of fused-ring (bicyclic) bond motifs is 1. The van der Waals surface area contributed by atoms with Crippen molar-refractivity contribution in [2.24, 2.45) is 10.7 Å². The molecule has 158 valence electrons. The van der Waals surface area contributed by atoms with Crippen molar-refractivity contribution < 1.29 is 4.74 Å². The van der Waals surface area contributed by atoms with Gasteiger partial charge in [0.2, 0.25) is 0 Å². The number of imidazole rings is 1. The Morgan fingerprint density at radius 1 is 1.32 bits per heavy atom. The number of hydrogen-bond donors (Lipinski definition) is 3. The molecule has 0 aromatic carbocycles. The molecule has 0 aliphatic carbocycles. The topological polar surface area (TPSA) is 104 Å². The first kappa shape index (κ1) is 20.9. The number of piperidine rings is 1. The van der Waals surface area contributed by atoms with Crippen molar-refractivity contribution in [1.29, 1.82) is 0 Å². The van der Waals surface area contributed by atoms with E-state index in [1.165, 1.54) is 0 Å². The van der Waals surface area contributed by atoms with Crippen LogP contribution >= 0.6 is 0 Å². The third kappa shape index (κ3) is 4.42. The quantitative estimate of drug-likeness (QED) is 0.572. The monoisotopic (exact) mass is 393 g/mol. The molecule has 1 unspecified atom stereocenters. The molecule has 2 aliphatic rings. The molecule has 0 radical (unpaired) electrons. The highest BCUT2D eigenvalue weighted by Crippen LogP contribution is 2.33. The van der Waals surface area contributed by atoms with E-state index in [1.807, 2.05) is 14.1 Å². The first-order chi connectivity index (χ1) is 13.6. The van der Waals surface area contributed by atoms with Gasteiger partial charge in [0.1, 0.15) is 11.9 Å². The van der Waals surface area contributed by atoms with E-state index in [4.69, 9.17) is 10.5 Å². The van der Waals surface area contributed by atoms with Crippen LogP contribution in [0.3, 0.4) is 0 Å². The molecular formula is C19H35N7O2. The van der Waals surface area contributed by atoms with Crippen molar-refractivity contribution in [3.8, 4) is 0 Å². The lowest BCUT2D eigenvalue weighted by Gasteiger charge is -2.34. The number of aromatic amines is 1. The molecule has 1 fully saturated rings. The number of rotatable bonds is 8. The van der Waals surface area contributed by atoms with Crippen LogP contribution in [0, 0.1) is 0 Å². The maximum atomic E-state index is 12.7. The second-order valence-electron chi connectivity index (χ2n) is 7.72. The Bertz CT molecular complexity index is 718. The number of H-pyrrole nitrogens is 1. The SMILES string of the molecule is CCCCOC1=Nc2c([nH]c(=O)n2C2CCN(CCCNC)CC2)C(N)N1C. The average Bonchev–Trinajstić information content (AvgIpc) is 3.03. The molecule has 1 saturated heterocycles. The standard InChI is InChI=1S/C19H35N7O2/c1-4-5-13-28-19-23-17-15(16(20)24(19)3)22-18(27)26(17)14-7-11-25(12-8-14)10-6-9-21-2/h14,16,21H,4-13,20H2,1-3H3,(H,22,27). The third-order valence-electron chi connectivity index (χ3n) is 5.70. The van der Waals surface area contributed by atoms with Crippen molar-refractivity contribution in [1.82, 2.24) is 24.7 Å². The van der Waals surface area contributed by atoms with Crippen molar-refractivity contribution in [2.75, 3.05) is 46.9 Å². The molecule has 0 saturated carbocycles. The summed E-state index contributed by atoms with van der Waals surface area (Å²) in [6, 6.07) is 0.634. The van der Waals surface area contributed by atoms with Gasteiger partial charge in [-0.2, -0.15) is 4.99 Å². The first-order valence-corrected chi connectivity index (χ1v) is 10.5. The largest absolute Gasteiger partial charge is 0.465 e. The van der Waals surface area contributed by atoms with Gasteiger partial charge in [-0.1, -0.05) is 13.3 Å². The van der Waals surface area contributed by atoms with Crippen molar-refractivity contribution in [2.45, 2.75) is 51.2 Å². The van der Waals surface area contributed by atoms with Gasteiger partial charge in [0, 0.05) is 26.2 Å². The smallest absolute Gasteiger partial charge is 0.327 e. The Hall–Kier alpha value is -1.84. The van der Waals surface area contributed by atoms with Crippen LogP contribution in [0.2, 0.25) is 0 Å². The van der Waals surface area contributed by atoms with E-state index in [1.54, 1.807) is 9.47 Å². The maximum Gasteiger partial charge on any atom is 0.327 e. The van der Waals surface area contributed by atoms with Crippen LogP contribution in [0.25, 0.3) is 0 Å². The average molecular weight is 394 g/mol. The number of ether oxygens (including phenoxy) is 1. The van der Waals surface area contributed by atoms with Gasteiger partial charge in [-0.3, -0.25) is 4.57 Å². The predicted octanol–water partition coefficient (Wildman–Crippen LogP) is 1.13. The van der Waals surface area contributed by atoms with Crippen LogP contribution in [-0.2, 0) is 4.74 Å². The van der Waals surface area contributed by atoms with Gasteiger partial charge < -0.3 is 30.6 Å². The predicted molar refractivity (Wildman–Crippen MR) is 111 cm³/mol. The number of aliphatic imine (C=N–C) groups is 1. The van der Waals surface area contributed by atoms with Gasteiger partial charge >= 0.3 is 5.69 Å². The molecule has 28 heavy (non-hydrogen) atoms. The number of likely N-dealkylation sites (tertiary alicyclic amines) is 1. The summed E-state index contributed by atoms with van der Waals surface area (Å²) in [6.07, 6.45) is 4.58. The molecule has 0 bridgehead atoms. The highest BCUT2D eigenvalue weighted by Gasteiger charge is 2.33. The molecule has 1 aromatic heterocycles. The van der Waals surface area contributed by atoms with Crippen LogP contribution in [0.4, 0.5) is 5.82 Å². The number of unbranched alkanes of at least 4 members (excludes halogenated alkanes) is 1. The Morgan fingerprint density at radius 3 is 2.75 bits per heavy atom. The van der Waals surface area contributed by atoms with Crippen molar-refractivity contribution >= 4 is 11.8 Å². The molecule has 3 heterocycles. The van der Waals surface area contributed by atoms with Crippen molar-refractivity contribution in [3.05, 3.63) is 16.2 Å². The van der Waals surface area contributed by atoms with Crippen LogP contribution < -0.4 is 16.7 Å². The zero-order valence-electron chi connectivity index (χ0n) is 17.4. The molecule has 1 aromatic rings. The number of nitrogens with two attached hydrogens (primary N) is 1. The lowest BCUT2D eigenvalue weighted by atomic mass is 10.0. The number of aromatic nitrogens is 2.